The third-order valence-electron chi connectivity index (χ3n) is 5.18. The Labute approximate surface area is 200 Å². The van der Waals surface area contributed by atoms with Crippen molar-refractivity contribution in [2.45, 2.75) is 38.0 Å². The maximum atomic E-state index is 12.9. The topological polar surface area (TPSA) is 103 Å². The predicted molar refractivity (Wildman–Crippen MR) is 132 cm³/mol. The van der Waals surface area contributed by atoms with Gasteiger partial charge in [-0.05, 0) is 24.6 Å². The average molecular weight is 479 g/mol. The van der Waals surface area contributed by atoms with Crippen LogP contribution >= 0.6 is 11.8 Å². The maximum Gasteiger partial charge on any atom is 0.263 e. The van der Waals surface area contributed by atoms with E-state index in [1.165, 1.54) is 16.3 Å². The molecule has 4 rings (SSSR count). The first kappa shape index (κ1) is 23.5. The molecule has 4 aromatic rings. The molecule has 34 heavy (non-hydrogen) atoms. The largest absolute Gasteiger partial charge is 0.477 e. The number of nitrogens with zero attached hydrogens (tertiary/aromatic N) is 5. The summed E-state index contributed by atoms with van der Waals surface area (Å²) in [6.07, 6.45) is 5.30. The van der Waals surface area contributed by atoms with E-state index in [1.54, 1.807) is 22.7 Å². The molecule has 3 heterocycles. The van der Waals surface area contributed by atoms with E-state index in [0.717, 1.165) is 18.4 Å². The second kappa shape index (κ2) is 11.0. The number of benzene rings is 1. The number of nitrogens with one attached hydrogen (secondary N) is 1. The van der Waals surface area contributed by atoms with Gasteiger partial charge in [-0.25, -0.2) is 4.98 Å². The van der Waals surface area contributed by atoms with Gasteiger partial charge in [-0.1, -0.05) is 49.4 Å². The lowest BCUT2D eigenvalue weighted by molar-refractivity contribution is -0.118. The molecule has 176 valence electrons. The van der Waals surface area contributed by atoms with E-state index in [0.29, 0.717) is 47.4 Å². The zero-order valence-corrected chi connectivity index (χ0v) is 19.8. The van der Waals surface area contributed by atoms with Gasteiger partial charge in [0.1, 0.15) is 0 Å². The molecule has 1 N–H and O–H groups in total. The second-order valence-electron chi connectivity index (χ2n) is 7.57. The molecule has 0 radical (unpaired) electrons. The van der Waals surface area contributed by atoms with E-state index >= 15 is 0 Å². The number of carbonyl (C=O) groups is 1. The maximum absolute atomic E-state index is 12.9. The van der Waals surface area contributed by atoms with Crippen molar-refractivity contribution in [2.75, 3.05) is 12.4 Å². The highest BCUT2D eigenvalue weighted by atomic mass is 32.2. The number of unbranched alkanes of at least 4 members (excludes halogenated alkanes) is 1. The van der Waals surface area contributed by atoms with Crippen LogP contribution in [0.3, 0.4) is 0 Å². The molecule has 10 heteroatoms. The first-order valence-corrected chi connectivity index (χ1v) is 12.1. The van der Waals surface area contributed by atoms with Crippen LogP contribution in [0.2, 0.25) is 0 Å². The van der Waals surface area contributed by atoms with Crippen LogP contribution in [0.25, 0.3) is 16.7 Å². The molecule has 0 fully saturated rings. The number of hydrogen-bond acceptors (Lipinski definition) is 7. The highest BCUT2D eigenvalue weighted by Gasteiger charge is 2.17. The predicted octanol–water partition coefficient (Wildman–Crippen LogP) is 3.21. The molecule has 1 amide bonds. The van der Waals surface area contributed by atoms with Crippen molar-refractivity contribution in [3.05, 3.63) is 71.2 Å². The number of para-hydroxylation sites is 1. The summed E-state index contributed by atoms with van der Waals surface area (Å²) >= 11 is 1.26. The number of amides is 1. The number of fused-ring (bicyclic) bond motifs is 3. The third kappa shape index (κ3) is 4.96. The van der Waals surface area contributed by atoms with Crippen LogP contribution in [0.15, 0.2) is 65.2 Å². The molecule has 0 bridgehead atoms. The Morgan fingerprint density at radius 3 is 2.91 bits per heavy atom. The lowest BCUT2D eigenvalue weighted by atomic mass is 10.2. The molecular formula is C24H26N6O3S. The minimum atomic E-state index is -0.158. The molecular weight excluding hydrogens is 452 g/mol. The average Bonchev–Trinajstić information content (AvgIpc) is 3.29. The fraction of sp³-hybridized carbons (Fsp3) is 0.292. The summed E-state index contributed by atoms with van der Waals surface area (Å²) < 4.78 is 9.06. The number of aromatic nitrogens is 5. The Hall–Kier alpha value is -3.66. The highest BCUT2D eigenvalue weighted by Crippen LogP contribution is 2.21. The van der Waals surface area contributed by atoms with Crippen molar-refractivity contribution in [3.8, 4) is 5.88 Å². The fourth-order valence-electron chi connectivity index (χ4n) is 3.50. The summed E-state index contributed by atoms with van der Waals surface area (Å²) in [7, 11) is 0. The van der Waals surface area contributed by atoms with E-state index in [4.69, 9.17) is 4.74 Å². The van der Waals surface area contributed by atoms with Crippen LogP contribution in [-0.4, -0.2) is 42.4 Å². The van der Waals surface area contributed by atoms with Gasteiger partial charge >= 0.3 is 0 Å². The van der Waals surface area contributed by atoms with Crippen molar-refractivity contribution in [1.82, 2.24) is 29.5 Å². The summed E-state index contributed by atoms with van der Waals surface area (Å²) in [5, 5.41) is 12.5. The number of allylic oxidation sites excluding steroid dienone is 1. The molecule has 0 spiro atoms. The Kier molecular flexibility index (Phi) is 7.58. The van der Waals surface area contributed by atoms with Crippen LogP contribution in [0.5, 0.6) is 5.88 Å². The lowest BCUT2D eigenvalue weighted by Gasteiger charge is -2.11. The van der Waals surface area contributed by atoms with Gasteiger partial charge in [0, 0.05) is 24.8 Å². The smallest absolute Gasteiger partial charge is 0.263 e. The molecule has 0 saturated carbocycles. The zero-order valence-electron chi connectivity index (χ0n) is 18.9. The van der Waals surface area contributed by atoms with Crippen LogP contribution in [0.4, 0.5) is 0 Å². The molecule has 3 aromatic heterocycles. The van der Waals surface area contributed by atoms with E-state index in [9.17, 15) is 9.59 Å². The van der Waals surface area contributed by atoms with Gasteiger partial charge in [-0.15, -0.1) is 16.8 Å². The molecule has 0 saturated heterocycles. The first-order chi connectivity index (χ1) is 16.6. The van der Waals surface area contributed by atoms with Gasteiger partial charge in [-0.3, -0.25) is 18.6 Å². The van der Waals surface area contributed by atoms with E-state index in [2.05, 4.69) is 34.0 Å². The minimum Gasteiger partial charge on any atom is -0.477 e. The normalized spacial score (nSPS) is 11.1. The van der Waals surface area contributed by atoms with E-state index in [-0.39, 0.29) is 17.2 Å². The standard InChI is InChI=1S/C24H26N6O3S/c1-3-5-14-33-21-17(9-8-12-25-21)15-26-20(31)16-34-24-28-27-23-29(13-4-2)22(32)18-10-6-7-11-19(18)30(23)24/h4,6-12H,2-3,5,13-16H2,1H3,(H,26,31). The van der Waals surface area contributed by atoms with Gasteiger partial charge in [0.2, 0.25) is 17.6 Å². The van der Waals surface area contributed by atoms with Gasteiger partial charge in [-0.2, -0.15) is 0 Å². The van der Waals surface area contributed by atoms with Gasteiger partial charge < -0.3 is 10.1 Å². The highest BCUT2D eigenvalue weighted by molar-refractivity contribution is 7.99. The third-order valence-corrected chi connectivity index (χ3v) is 6.11. The molecule has 1 aromatic carbocycles. The molecule has 0 aliphatic carbocycles. The summed E-state index contributed by atoms with van der Waals surface area (Å²) in [5.41, 5.74) is 1.36. The van der Waals surface area contributed by atoms with Gasteiger partial charge in [0.25, 0.3) is 5.56 Å². The monoisotopic (exact) mass is 478 g/mol. The SMILES string of the molecule is C=CCn1c(=O)c2ccccc2n2c(SCC(=O)NCc3cccnc3OCCCC)nnc12. The number of thioether (sulfide) groups is 1. The fourth-order valence-corrected chi connectivity index (χ4v) is 4.27. The second-order valence-corrected chi connectivity index (χ2v) is 8.52. The quantitative estimate of drug-likeness (QED) is 0.201. The summed E-state index contributed by atoms with van der Waals surface area (Å²) in [5.74, 6) is 0.936. The zero-order chi connectivity index (χ0) is 23.9. The Morgan fingerprint density at radius 1 is 1.24 bits per heavy atom. The molecule has 0 aliphatic heterocycles. The van der Waals surface area contributed by atoms with Crippen molar-refractivity contribution in [2.24, 2.45) is 0 Å². The van der Waals surface area contributed by atoms with E-state index in [1.807, 2.05) is 30.3 Å². The Bertz CT molecular complexity index is 1380. The molecule has 0 aliphatic rings. The summed E-state index contributed by atoms with van der Waals surface area (Å²) in [6.45, 7) is 7.05. The van der Waals surface area contributed by atoms with Crippen molar-refractivity contribution in [1.29, 1.82) is 0 Å². The van der Waals surface area contributed by atoms with Gasteiger partial charge in [0.15, 0.2) is 5.16 Å². The molecule has 9 nitrogen and oxygen atoms in total. The van der Waals surface area contributed by atoms with Crippen LogP contribution in [0.1, 0.15) is 25.3 Å². The number of ether oxygens (including phenoxy) is 1. The number of carbonyl (C=O) groups excluding carboxylic acids is 1. The van der Waals surface area contributed by atoms with Crippen molar-refractivity contribution < 1.29 is 9.53 Å². The number of pyridine rings is 1. The van der Waals surface area contributed by atoms with Crippen LogP contribution in [0, 0.1) is 0 Å². The summed E-state index contributed by atoms with van der Waals surface area (Å²) in [4.78, 5) is 29.7. The molecule has 0 atom stereocenters. The number of rotatable bonds is 11. The minimum absolute atomic E-state index is 0.141. The number of hydrogen-bond donors (Lipinski definition) is 1. The van der Waals surface area contributed by atoms with Crippen molar-refractivity contribution in [3.63, 3.8) is 0 Å². The van der Waals surface area contributed by atoms with Crippen molar-refractivity contribution >= 4 is 34.3 Å². The van der Waals surface area contributed by atoms with Crippen LogP contribution in [-0.2, 0) is 17.9 Å². The van der Waals surface area contributed by atoms with E-state index < -0.39 is 0 Å². The first-order valence-electron chi connectivity index (χ1n) is 11.1. The lowest BCUT2D eigenvalue weighted by Crippen LogP contribution is -2.25. The Balaban J connectivity index is 1.49. The molecule has 0 unspecified atom stereocenters. The summed E-state index contributed by atoms with van der Waals surface area (Å²) in [6, 6.07) is 11.0. The van der Waals surface area contributed by atoms with Gasteiger partial charge in [0.05, 0.1) is 23.3 Å². The Morgan fingerprint density at radius 2 is 2.09 bits per heavy atom. The van der Waals surface area contributed by atoms with Crippen LogP contribution < -0.4 is 15.6 Å².